The van der Waals surface area contributed by atoms with E-state index in [1.165, 1.54) is 0 Å². The van der Waals surface area contributed by atoms with E-state index in [0.717, 1.165) is 12.8 Å². The molecule has 1 spiro atoms. The van der Waals surface area contributed by atoms with Gasteiger partial charge in [0.15, 0.2) is 14.1 Å². The van der Waals surface area contributed by atoms with Crippen LogP contribution in [0.2, 0.25) is 18.1 Å². The Kier molecular flexibility index (Phi) is 5.16. The van der Waals surface area contributed by atoms with Crippen LogP contribution in [0.4, 0.5) is 0 Å². The molecule has 0 amide bonds. The maximum atomic E-state index is 10.1. The SMILES string of the molecule is C[C@@H]1C[C@H](O)C[C@@]2(C[C@@H](O[Si](C)(C)C(C)(C)C)C[C@H](C)O2)O1. The topological polar surface area (TPSA) is 47.9 Å². The monoisotopic (exact) mass is 330 g/mol. The van der Waals surface area contributed by atoms with Crippen LogP contribution in [0.15, 0.2) is 0 Å². The molecule has 0 aliphatic carbocycles. The molecule has 0 aromatic heterocycles. The normalized spacial score (nSPS) is 40.9. The van der Waals surface area contributed by atoms with E-state index in [4.69, 9.17) is 13.9 Å². The molecule has 5 atom stereocenters. The summed E-state index contributed by atoms with van der Waals surface area (Å²) in [5, 5.41) is 10.3. The van der Waals surface area contributed by atoms with Crippen molar-refractivity contribution in [1.29, 1.82) is 0 Å². The van der Waals surface area contributed by atoms with Crippen molar-refractivity contribution >= 4 is 8.32 Å². The summed E-state index contributed by atoms with van der Waals surface area (Å²) in [5.74, 6) is -0.665. The number of aliphatic hydroxyl groups excluding tert-OH is 1. The highest BCUT2D eigenvalue weighted by atomic mass is 28.4. The van der Waals surface area contributed by atoms with Crippen LogP contribution in [0, 0.1) is 0 Å². The first kappa shape index (κ1) is 18.4. The van der Waals surface area contributed by atoms with E-state index in [0.29, 0.717) is 12.8 Å². The van der Waals surface area contributed by atoms with Crippen LogP contribution in [-0.4, -0.2) is 43.6 Å². The summed E-state index contributed by atoms with van der Waals surface area (Å²) in [6.07, 6.45) is 2.81. The van der Waals surface area contributed by atoms with Gasteiger partial charge in [-0.05, 0) is 44.8 Å². The lowest BCUT2D eigenvalue weighted by atomic mass is 9.90. The molecule has 130 valence electrons. The molecule has 5 heteroatoms. The van der Waals surface area contributed by atoms with Crippen molar-refractivity contribution in [3.8, 4) is 0 Å². The Morgan fingerprint density at radius 1 is 1.05 bits per heavy atom. The fourth-order valence-corrected chi connectivity index (χ4v) is 4.81. The summed E-state index contributed by atoms with van der Waals surface area (Å²) in [6.45, 7) is 15.5. The smallest absolute Gasteiger partial charge is 0.192 e. The fraction of sp³-hybridized carbons (Fsp3) is 1.00. The summed E-state index contributed by atoms with van der Waals surface area (Å²) in [5.41, 5.74) is 0. The van der Waals surface area contributed by atoms with Gasteiger partial charge in [0.05, 0.1) is 24.4 Å². The highest BCUT2D eigenvalue weighted by Crippen LogP contribution is 2.43. The van der Waals surface area contributed by atoms with E-state index in [1.54, 1.807) is 0 Å². The second-order valence-electron chi connectivity index (χ2n) is 8.80. The third-order valence-electron chi connectivity index (χ3n) is 5.38. The summed E-state index contributed by atoms with van der Waals surface area (Å²) in [6, 6.07) is 0. The van der Waals surface area contributed by atoms with Crippen molar-refractivity contribution in [2.45, 2.75) is 109 Å². The van der Waals surface area contributed by atoms with Crippen molar-refractivity contribution in [3.05, 3.63) is 0 Å². The summed E-state index contributed by atoms with van der Waals surface area (Å²) in [7, 11) is -1.81. The zero-order valence-electron chi connectivity index (χ0n) is 15.3. The van der Waals surface area contributed by atoms with E-state index in [9.17, 15) is 5.11 Å². The molecule has 0 radical (unpaired) electrons. The van der Waals surface area contributed by atoms with Gasteiger partial charge in [0, 0.05) is 12.8 Å². The number of hydrogen-bond acceptors (Lipinski definition) is 4. The van der Waals surface area contributed by atoms with Gasteiger partial charge in [-0.2, -0.15) is 0 Å². The third-order valence-corrected chi connectivity index (χ3v) is 9.92. The Labute approximate surface area is 136 Å². The molecule has 4 nitrogen and oxygen atoms in total. The van der Waals surface area contributed by atoms with Gasteiger partial charge in [0.2, 0.25) is 0 Å². The first-order valence-electron chi connectivity index (χ1n) is 8.64. The second kappa shape index (κ2) is 6.17. The molecule has 0 unspecified atom stereocenters. The predicted octanol–water partition coefficient (Wildman–Crippen LogP) is 3.83. The molecule has 2 aliphatic heterocycles. The first-order chi connectivity index (χ1) is 9.92. The first-order valence-corrected chi connectivity index (χ1v) is 11.5. The minimum Gasteiger partial charge on any atom is -0.414 e. The molecule has 2 rings (SSSR count). The molecular weight excluding hydrogens is 296 g/mol. The lowest BCUT2D eigenvalue weighted by Crippen LogP contribution is -2.56. The van der Waals surface area contributed by atoms with Crippen molar-refractivity contribution in [2.75, 3.05) is 0 Å². The lowest BCUT2D eigenvalue weighted by Gasteiger charge is -2.50. The van der Waals surface area contributed by atoms with E-state index < -0.39 is 14.1 Å². The molecular formula is C17H34O4Si. The van der Waals surface area contributed by atoms with Crippen LogP contribution in [0.1, 0.15) is 60.3 Å². The standard InChI is InChI=1S/C17H34O4Si/c1-12-8-14(18)10-17(19-12)11-15(9-13(2)20-17)21-22(6,7)16(3,4)5/h12-15,18H,8-11H2,1-7H3/t12-,13+,14+,15+,17-/m1/s1. The lowest BCUT2D eigenvalue weighted by molar-refractivity contribution is -0.332. The Hall–Kier alpha value is 0.0569. The zero-order chi connectivity index (χ0) is 16.8. The predicted molar refractivity (Wildman–Crippen MR) is 90.4 cm³/mol. The summed E-state index contributed by atoms with van der Waals surface area (Å²) in [4.78, 5) is 0. The summed E-state index contributed by atoms with van der Waals surface area (Å²) < 4.78 is 18.9. The number of rotatable bonds is 2. The van der Waals surface area contributed by atoms with Gasteiger partial charge in [-0.1, -0.05) is 20.8 Å². The van der Waals surface area contributed by atoms with Crippen LogP contribution in [0.3, 0.4) is 0 Å². The molecule has 0 bridgehead atoms. The third kappa shape index (κ3) is 4.12. The van der Waals surface area contributed by atoms with E-state index >= 15 is 0 Å². The van der Waals surface area contributed by atoms with Gasteiger partial charge in [-0.3, -0.25) is 0 Å². The molecule has 0 saturated carbocycles. The van der Waals surface area contributed by atoms with Crippen molar-refractivity contribution < 1.29 is 19.0 Å². The van der Waals surface area contributed by atoms with Gasteiger partial charge in [-0.25, -0.2) is 0 Å². The van der Waals surface area contributed by atoms with E-state index in [2.05, 4.69) is 40.8 Å². The van der Waals surface area contributed by atoms with Crippen LogP contribution in [-0.2, 0) is 13.9 Å². The average Bonchev–Trinajstić information content (AvgIpc) is 2.22. The molecule has 2 fully saturated rings. The quantitative estimate of drug-likeness (QED) is 0.782. The van der Waals surface area contributed by atoms with Gasteiger partial charge in [0.1, 0.15) is 0 Å². The average molecular weight is 331 g/mol. The Bertz CT molecular complexity index is 375. The van der Waals surface area contributed by atoms with Gasteiger partial charge >= 0.3 is 0 Å². The minimum absolute atomic E-state index is 0.0302. The van der Waals surface area contributed by atoms with Gasteiger partial charge in [0.25, 0.3) is 0 Å². The van der Waals surface area contributed by atoms with Crippen molar-refractivity contribution in [1.82, 2.24) is 0 Å². The number of aliphatic hydroxyl groups is 1. The maximum Gasteiger partial charge on any atom is 0.192 e. The van der Waals surface area contributed by atoms with Gasteiger partial charge < -0.3 is 19.0 Å². The largest absolute Gasteiger partial charge is 0.414 e. The van der Waals surface area contributed by atoms with Gasteiger partial charge in [-0.15, -0.1) is 0 Å². The molecule has 22 heavy (non-hydrogen) atoms. The molecule has 0 aromatic carbocycles. The number of hydrogen-bond donors (Lipinski definition) is 1. The number of ether oxygens (including phenoxy) is 2. The van der Waals surface area contributed by atoms with Crippen molar-refractivity contribution in [3.63, 3.8) is 0 Å². The molecule has 1 N–H and O–H groups in total. The molecule has 2 aliphatic rings. The molecule has 2 saturated heterocycles. The Balaban J connectivity index is 2.11. The highest BCUT2D eigenvalue weighted by Gasteiger charge is 2.49. The zero-order valence-corrected chi connectivity index (χ0v) is 16.3. The minimum atomic E-state index is -1.81. The van der Waals surface area contributed by atoms with Crippen molar-refractivity contribution in [2.24, 2.45) is 0 Å². The van der Waals surface area contributed by atoms with E-state index in [1.807, 2.05) is 6.92 Å². The van der Waals surface area contributed by atoms with Crippen LogP contribution in [0.5, 0.6) is 0 Å². The fourth-order valence-electron chi connectivity index (χ4n) is 3.44. The highest BCUT2D eigenvalue weighted by molar-refractivity contribution is 6.74. The summed E-state index contributed by atoms with van der Waals surface area (Å²) >= 11 is 0. The van der Waals surface area contributed by atoms with Crippen LogP contribution < -0.4 is 0 Å². The molecule has 2 heterocycles. The molecule has 0 aromatic rings. The van der Waals surface area contributed by atoms with Crippen LogP contribution in [0.25, 0.3) is 0 Å². The van der Waals surface area contributed by atoms with Crippen LogP contribution >= 0.6 is 0 Å². The second-order valence-corrected chi connectivity index (χ2v) is 13.6. The maximum absolute atomic E-state index is 10.1. The Morgan fingerprint density at radius 2 is 1.59 bits per heavy atom. The Morgan fingerprint density at radius 3 is 2.09 bits per heavy atom. The van der Waals surface area contributed by atoms with E-state index in [-0.39, 0.29) is 29.5 Å².